The average molecular weight is 248 g/mol. The summed E-state index contributed by atoms with van der Waals surface area (Å²) in [6.45, 7) is 2.06. The molecule has 88 valence electrons. The lowest BCUT2D eigenvalue weighted by molar-refractivity contribution is -0.147. The first-order valence-corrected chi connectivity index (χ1v) is 6.33. The van der Waals surface area contributed by atoms with Crippen LogP contribution in [0.25, 0.3) is 10.2 Å². The summed E-state index contributed by atoms with van der Waals surface area (Å²) in [4.78, 5) is 17.3. The number of hydrogen-bond donors (Lipinski definition) is 1. The van der Waals surface area contributed by atoms with E-state index < -0.39 is 5.97 Å². The zero-order valence-electron chi connectivity index (χ0n) is 9.17. The highest BCUT2D eigenvalue weighted by Gasteiger charge is 2.32. The molecule has 1 N–H and O–H groups in total. The molecule has 0 radical (unpaired) electrons. The van der Waals surface area contributed by atoms with Gasteiger partial charge in [0.05, 0.1) is 22.7 Å². The van der Waals surface area contributed by atoms with E-state index in [1.807, 2.05) is 18.2 Å². The Bertz CT molecular complexity index is 527. The van der Waals surface area contributed by atoms with Crippen molar-refractivity contribution >= 4 is 27.5 Å². The molecule has 0 bridgehead atoms. The van der Waals surface area contributed by atoms with Gasteiger partial charge in [0.25, 0.3) is 0 Å². The molecule has 0 spiro atoms. The van der Waals surface area contributed by atoms with Gasteiger partial charge in [0.2, 0.25) is 0 Å². The summed E-state index contributed by atoms with van der Waals surface area (Å²) in [5.41, 5.74) is 1.03. The van der Waals surface area contributed by atoms with E-state index in [-0.39, 0.29) is 5.92 Å². The Kier molecular flexibility index (Phi) is 2.57. The predicted octanol–water partition coefficient (Wildman–Crippen LogP) is 1.81. The van der Waals surface area contributed by atoms with E-state index in [0.29, 0.717) is 13.1 Å². The van der Waals surface area contributed by atoms with Crippen molar-refractivity contribution in [2.24, 2.45) is 5.92 Å². The molecule has 0 atom stereocenters. The van der Waals surface area contributed by atoms with Crippen molar-refractivity contribution in [1.82, 2.24) is 9.88 Å². The third-order valence-electron chi connectivity index (χ3n) is 3.00. The SMILES string of the molecule is O=C(O)C1CN(Cc2nc3ccccc3s2)C1. The lowest BCUT2D eigenvalue weighted by Crippen LogP contribution is -2.49. The third-order valence-corrected chi connectivity index (χ3v) is 4.02. The van der Waals surface area contributed by atoms with E-state index >= 15 is 0 Å². The number of fused-ring (bicyclic) bond motifs is 1. The van der Waals surface area contributed by atoms with Gasteiger partial charge in [-0.25, -0.2) is 4.98 Å². The Morgan fingerprint density at radius 2 is 2.24 bits per heavy atom. The normalized spacial score (nSPS) is 17.2. The number of aliphatic carboxylic acids is 1. The molecular formula is C12H12N2O2S. The maximum Gasteiger partial charge on any atom is 0.309 e. The van der Waals surface area contributed by atoms with E-state index in [1.165, 1.54) is 4.70 Å². The summed E-state index contributed by atoms with van der Waals surface area (Å²) in [6, 6.07) is 8.06. The molecule has 1 aliphatic rings. The molecule has 1 aromatic heterocycles. The van der Waals surface area contributed by atoms with Crippen LogP contribution in [0.1, 0.15) is 5.01 Å². The minimum absolute atomic E-state index is 0.190. The van der Waals surface area contributed by atoms with Crippen LogP contribution < -0.4 is 0 Å². The molecule has 0 unspecified atom stereocenters. The first-order chi connectivity index (χ1) is 8.22. The molecule has 1 aromatic carbocycles. The average Bonchev–Trinajstić information content (AvgIpc) is 2.64. The predicted molar refractivity (Wildman–Crippen MR) is 66.0 cm³/mol. The molecule has 0 aliphatic carbocycles. The fraction of sp³-hybridized carbons (Fsp3) is 0.333. The van der Waals surface area contributed by atoms with Gasteiger partial charge < -0.3 is 5.11 Å². The highest BCUT2D eigenvalue weighted by molar-refractivity contribution is 7.18. The van der Waals surface area contributed by atoms with Crippen LogP contribution in [0.2, 0.25) is 0 Å². The molecule has 2 aromatic rings. The number of carboxylic acid groups (broad SMARTS) is 1. The van der Waals surface area contributed by atoms with Gasteiger partial charge >= 0.3 is 5.97 Å². The Labute approximate surface area is 103 Å². The fourth-order valence-electron chi connectivity index (χ4n) is 2.03. The third kappa shape index (κ3) is 2.03. The van der Waals surface area contributed by atoms with Crippen molar-refractivity contribution < 1.29 is 9.90 Å². The van der Waals surface area contributed by atoms with Gasteiger partial charge in [0.15, 0.2) is 0 Å². The Morgan fingerprint density at radius 3 is 2.94 bits per heavy atom. The number of likely N-dealkylation sites (tertiary alicyclic amines) is 1. The minimum atomic E-state index is -0.689. The zero-order chi connectivity index (χ0) is 11.8. The van der Waals surface area contributed by atoms with Gasteiger partial charge in [-0.15, -0.1) is 11.3 Å². The van der Waals surface area contributed by atoms with Crippen LogP contribution in [0, 0.1) is 5.92 Å². The van der Waals surface area contributed by atoms with Crippen LogP contribution in [0.5, 0.6) is 0 Å². The molecule has 5 heteroatoms. The molecule has 0 amide bonds. The lowest BCUT2D eigenvalue weighted by Gasteiger charge is -2.35. The van der Waals surface area contributed by atoms with Crippen molar-refractivity contribution in [2.45, 2.75) is 6.54 Å². The second-order valence-corrected chi connectivity index (χ2v) is 5.42. The summed E-state index contributed by atoms with van der Waals surface area (Å²) in [6.07, 6.45) is 0. The van der Waals surface area contributed by atoms with Crippen LogP contribution >= 0.6 is 11.3 Å². The number of para-hydroxylation sites is 1. The number of nitrogens with zero attached hydrogens (tertiary/aromatic N) is 2. The highest BCUT2D eigenvalue weighted by Crippen LogP contribution is 2.25. The van der Waals surface area contributed by atoms with Gasteiger partial charge in [-0.1, -0.05) is 12.1 Å². The highest BCUT2D eigenvalue weighted by atomic mass is 32.1. The van der Waals surface area contributed by atoms with E-state index in [2.05, 4.69) is 16.0 Å². The fourth-order valence-corrected chi connectivity index (χ4v) is 3.04. The Morgan fingerprint density at radius 1 is 1.47 bits per heavy atom. The number of thiazole rings is 1. The molecule has 1 aliphatic heterocycles. The Balaban J connectivity index is 1.68. The molecule has 2 heterocycles. The first kappa shape index (κ1) is 10.7. The number of benzene rings is 1. The van der Waals surface area contributed by atoms with Crippen LogP contribution in [-0.4, -0.2) is 34.0 Å². The number of carbonyl (C=O) groups is 1. The number of rotatable bonds is 3. The standard InChI is InChI=1S/C12H12N2O2S/c15-12(16)8-5-14(6-8)7-11-13-9-3-1-2-4-10(9)17-11/h1-4,8H,5-7H2,(H,15,16). The van der Waals surface area contributed by atoms with Gasteiger partial charge in [-0.05, 0) is 12.1 Å². The summed E-state index contributed by atoms with van der Waals surface area (Å²) in [5.74, 6) is -0.880. The van der Waals surface area contributed by atoms with Crippen molar-refractivity contribution in [3.63, 3.8) is 0 Å². The van der Waals surface area contributed by atoms with Crippen LogP contribution in [0.15, 0.2) is 24.3 Å². The van der Waals surface area contributed by atoms with E-state index in [9.17, 15) is 4.79 Å². The molecule has 1 fully saturated rings. The zero-order valence-corrected chi connectivity index (χ0v) is 9.98. The summed E-state index contributed by atoms with van der Waals surface area (Å²) in [5, 5.41) is 9.86. The summed E-state index contributed by atoms with van der Waals surface area (Å²) < 4.78 is 1.19. The van der Waals surface area contributed by atoms with Gasteiger partial charge in [0.1, 0.15) is 5.01 Å². The Hall–Kier alpha value is -1.46. The summed E-state index contributed by atoms with van der Waals surface area (Å²) in [7, 11) is 0. The molecular weight excluding hydrogens is 236 g/mol. The minimum Gasteiger partial charge on any atom is -0.481 e. The second-order valence-electron chi connectivity index (χ2n) is 4.30. The second kappa shape index (κ2) is 4.09. The van der Waals surface area contributed by atoms with Gasteiger partial charge in [0, 0.05) is 13.1 Å². The smallest absolute Gasteiger partial charge is 0.309 e. The van der Waals surface area contributed by atoms with Crippen molar-refractivity contribution in [2.75, 3.05) is 13.1 Å². The van der Waals surface area contributed by atoms with Crippen molar-refractivity contribution in [3.05, 3.63) is 29.3 Å². The maximum absolute atomic E-state index is 10.7. The van der Waals surface area contributed by atoms with E-state index in [4.69, 9.17) is 5.11 Å². The first-order valence-electron chi connectivity index (χ1n) is 5.52. The number of aromatic nitrogens is 1. The van der Waals surface area contributed by atoms with E-state index in [0.717, 1.165) is 17.1 Å². The number of hydrogen-bond acceptors (Lipinski definition) is 4. The van der Waals surface area contributed by atoms with Gasteiger partial charge in [-0.2, -0.15) is 0 Å². The van der Waals surface area contributed by atoms with Gasteiger partial charge in [-0.3, -0.25) is 9.69 Å². The molecule has 4 nitrogen and oxygen atoms in total. The topological polar surface area (TPSA) is 53.4 Å². The van der Waals surface area contributed by atoms with Crippen LogP contribution in [0.3, 0.4) is 0 Å². The van der Waals surface area contributed by atoms with Crippen LogP contribution in [0.4, 0.5) is 0 Å². The molecule has 0 saturated carbocycles. The molecule has 1 saturated heterocycles. The number of carboxylic acids is 1. The molecule has 17 heavy (non-hydrogen) atoms. The quantitative estimate of drug-likeness (QED) is 0.900. The monoisotopic (exact) mass is 248 g/mol. The molecule has 3 rings (SSSR count). The van der Waals surface area contributed by atoms with Crippen LogP contribution in [-0.2, 0) is 11.3 Å². The van der Waals surface area contributed by atoms with Crippen molar-refractivity contribution in [1.29, 1.82) is 0 Å². The summed E-state index contributed by atoms with van der Waals surface area (Å²) >= 11 is 1.68. The van der Waals surface area contributed by atoms with E-state index in [1.54, 1.807) is 11.3 Å². The lowest BCUT2D eigenvalue weighted by atomic mass is 10.0. The van der Waals surface area contributed by atoms with Crippen molar-refractivity contribution in [3.8, 4) is 0 Å². The largest absolute Gasteiger partial charge is 0.481 e. The maximum atomic E-state index is 10.7.